The minimum Gasteiger partial charge on any atom is -0.467 e. The molecule has 0 fully saturated rings. The molecule has 1 rings (SSSR count). The third kappa shape index (κ3) is 3.60. The summed E-state index contributed by atoms with van der Waals surface area (Å²) in [6.45, 7) is 2.64. The van der Waals surface area contributed by atoms with Crippen LogP contribution < -0.4 is 5.32 Å². The topological polar surface area (TPSA) is 47.6 Å². The number of carbonyl (C=O) groups is 1. The molecule has 0 radical (unpaired) electrons. The molecule has 1 aromatic carbocycles. The molecule has 1 aromatic rings. The number of hydrogen-bond acceptors (Lipinski definition) is 4. The Morgan fingerprint density at radius 2 is 2.05 bits per heavy atom. The summed E-state index contributed by atoms with van der Waals surface area (Å²) in [5.74, 6) is -0.437. The first-order chi connectivity index (χ1) is 8.97. The van der Waals surface area contributed by atoms with Crippen LogP contribution in [0.5, 0.6) is 0 Å². The molecular formula is C13H17Cl2NO3. The average Bonchev–Trinajstić information content (AvgIpc) is 2.41. The molecule has 1 unspecified atom stereocenters. The maximum atomic E-state index is 12.1. The van der Waals surface area contributed by atoms with E-state index in [1.807, 2.05) is 0 Å². The lowest BCUT2D eigenvalue weighted by molar-refractivity contribution is -0.148. The minimum absolute atomic E-state index is 0.335. The first-order valence-electron chi connectivity index (χ1n) is 5.74. The highest BCUT2D eigenvalue weighted by Crippen LogP contribution is 2.33. The molecule has 4 nitrogen and oxygen atoms in total. The Morgan fingerprint density at radius 3 is 2.63 bits per heavy atom. The predicted molar refractivity (Wildman–Crippen MR) is 75.7 cm³/mol. The van der Waals surface area contributed by atoms with Gasteiger partial charge in [0.05, 0.1) is 23.8 Å². The van der Waals surface area contributed by atoms with Gasteiger partial charge in [-0.15, -0.1) is 0 Å². The number of rotatable bonds is 6. The second-order valence-electron chi connectivity index (χ2n) is 4.14. The van der Waals surface area contributed by atoms with Crippen LogP contribution in [-0.4, -0.2) is 33.3 Å². The molecule has 1 atom stereocenters. The maximum Gasteiger partial charge on any atom is 0.330 e. The van der Waals surface area contributed by atoms with E-state index >= 15 is 0 Å². The van der Waals surface area contributed by atoms with Crippen molar-refractivity contribution in [2.75, 3.05) is 27.4 Å². The summed E-state index contributed by atoms with van der Waals surface area (Å²) >= 11 is 12.2. The van der Waals surface area contributed by atoms with Crippen molar-refractivity contribution in [2.45, 2.75) is 12.5 Å². The summed E-state index contributed by atoms with van der Waals surface area (Å²) in [6.07, 6.45) is 0. The van der Waals surface area contributed by atoms with Crippen LogP contribution in [0.4, 0.5) is 0 Å². The molecule has 1 N–H and O–H groups in total. The van der Waals surface area contributed by atoms with Crippen molar-refractivity contribution in [1.82, 2.24) is 5.32 Å². The molecule has 0 aliphatic heterocycles. The summed E-state index contributed by atoms with van der Waals surface area (Å²) in [5.41, 5.74) is -0.500. The van der Waals surface area contributed by atoms with Gasteiger partial charge in [-0.2, -0.15) is 0 Å². The number of carbonyl (C=O) groups excluding carboxylic acids is 1. The molecular weight excluding hydrogens is 289 g/mol. The molecule has 19 heavy (non-hydrogen) atoms. The van der Waals surface area contributed by atoms with Gasteiger partial charge in [-0.1, -0.05) is 35.3 Å². The minimum atomic E-state index is -1.07. The lowest BCUT2D eigenvalue weighted by Crippen LogP contribution is -2.48. The van der Waals surface area contributed by atoms with Crippen LogP contribution in [0.3, 0.4) is 0 Å². The van der Waals surface area contributed by atoms with E-state index in [-0.39, 0.29) is 0 Å². The smallest absolute Gasteiger partial charge is 0.330 e. The maximum absolute atomic E-state index is 12.1. The summed E-state index contributed by atoms with van der Waals surface area (Å²) in [5, 5.41) is 3.82. The largest absolute Gasteiger partial charge is 0.467 e. The third-order valence-corrected chi connectivity index (χ3v) is 3.69. The first kappa shape index (κ1) is 16.2. The number of ether oxygens (including phenoxy) is 2. The molecule has 0 amide bonds. The first-order valence-corrected chi connectivity index (χ1v) is 6.49. The van der Waals surface area contributed by atoms with Crippen molar-refractivity contribution in [3.05, 3.63) is 33.8 Å². The highest BCUT2D eigenvalue weighted by atomic mass is 35.5. The monoisotopic (exact) mass is 305 g/mol. The van der Waals surface area contributed by atoms with Gasteiger partial charge >= 0.3 is 5.97 Å². The van der Waals surface area contributed by atoms with Crippen molar-refractivity contribution in [3.63, 3.8) is 0 Å². The second-order valence-corrected chi connectivity index (χ2v) is 4.92. The van der Waals surface area contributed by atoms with Crippen LogP contribution in [-0.2, 0) is 19.8 Å². The normalized spacial score (nSPS) is 13.9. The fraction of sp³-hybridized carbons (Fsp3) is 0.462. The van der Waals surface area contributed by atoms with Crippen LogP contribution in [0, 0.1) is 0 Å². The van der Waals surface area contributed by atoms with Gasteiger partial charge in [-0.05, 0) is 13.0 Å². The summed E-state index contributed by atoms with van der Waals surface area (Å²) in [7, 11) is 2.92. The van der Waals surface area contributed by atoms with Gasteiger partial charge in [0, 0.05) is 19.2 Å². The number of nitrogens with one attached hydrogen (secondary N) is 1. The van der Waals surface area contributed by atoms with E-state index in [0.717, 1.165) is 0 Å². The SMILES string of the molecule is COCCNC(C)(C(=O)OC)c1cccc(Cl)c1Cl. The Hall–Kier alpha value is -0.810. The van der Waals surface area contributed by atoms with Gasteiger partial charge in [-0.25, -0.2) is 4.79 Å². The molecule has 0 saturated carbocycles. The van der Waals surface area contributed by atoms with Crippen molar-refractivity contribution in [3.8, 4) is 0 Å². The fourth-order valence-electron chi connectivity index (χ4n) is 1.77. The van der Waals surface area contributed by atoms with Crippen molar-refractivity contribution < 1.29 is 14.3 Å². The van der Waals surface area contributed by atoms with Crippen molar-refractivity contribution in [2.24, 2.45) is 0 Å². The Balaban J connectivity index is 3.15. The van der Waals surface area contributed by atoms with E-state index in [0.29, 0.717) is 28.8 Å². The van der Waals surface area contributed by atoms with Gasteiger partial charge in [-0.3, -0.25) is 5.32 Å². The highest BCUT2D eigenvalue weighted by Gasteiger charge is 2.38. The van der Waals surface area contributed by atoms with Crippen LogP contribution >= 0.6 is 23.2 Å². The van der Waals surface area contributed by atoms with E-state index in [9.17, 15) is 4.79 Å². The molecule has 0 aliphatic rings. The van der Waals surface area contributed by atoms with Gasteiger partial charge in [0.2, 0.25) is 0 Å². The van der Waals surface area contributed by atoms with Crippen molar-refractivity contribution in [1.29, 1.82) is 0 Å². The molecule has 0 heterocycles. The van der Waals surface area contributed by atoms with E-state index < -0.39 is 11.5 Å². The second kappa shape index (κ2) is 7.10. The van der Waals surface area contributed by atoms with Crippen LogP contribution in [0.1, 0.15) is 12.5 Å². The van der Waals surface area contributed by atoms with E-state index in [2.05, 4.69) is 5.32 Å². The van der Waals surface area contributed by atoms with Crippen molar-refractivity contribution >= 4 is 29.2 Å². The Bertz CT molecular complexity index is 454. The molecule has 0 aliphatic carbocycles. The zero-order valence-corrected chi connectivity index (χ0v) is 12.6. The lowest BCUT2D eigenvalue weighted by atomic mass is 9.92. The van der Waals surface area contributed by atoms with Gasteiger partial charge in [0.1, 0.15) is 5.54 Å². The predicted octanol–water partition coefficient (Wildman–Crippen LogP) is 2.62. The number of methoxy groups -OCH3 is 2. The van der Waals surface area contributed by atoms with E-state index in [1.165, 1.54) is 7.11 Å². The number of hydrogen-bond donors (Lipinski definition) is 1. The summed E-state index contributed by atoms with van der Waals surface area (Å²) in [6, 6.07) is 5.15. The molecule has 6 heteroatoms. The summed E-state index contributed by atoms with van der Waals surface area (Å²) in [4.78, 5) is 12.1. The van der Waals surface area contributed by atoms with E-state index in [1.54, 1.807) is 32.2 Å². The van der Waals surface area contributed by atoms with Crippen LogP contribution in [0.2, 0.25) is 10.0 Å². The summed E-state index contributed by atoms with van der Waals surface area (Å²) < 4.78 is 9.82. The van der Waals surface area contributed by atoms with Gasteiger partial charge < -0.3 is 9.47 Å². The molecule has 106 valence electrons. The highest BCUT2D eigenvalue weighted by molar-refractivity contribution is 6.42. The fourth-order valence-corrected chi connectivity index (χ4v) is 2.26. The number of benzene rings is 1. The average molecular weight is 306 g/mol. The lowest BCUT2D eigenvalue weighted by Gasteiger charge is -2.29. The molecule has 0 saturated heterocycles. The van der Waals surface area contributed by atoms with Gasteiger partial charge in [0.25, 0.3) is 0 Å². The van der Waals surface area contributed by atoms with E-state index in [4.69, 9.17) is 32.7 Å². The number of esters is 1. The van der Waals surface area contributed by atoms with Crippen LogP contribution in [0.25, 0.3) is 0 Å². The Kier molecular flexibility index (Phi) is 6.07. The Labute approximate surface area is 123 Å². The molecule has 0 spiro atoms. The van der Waals surface area contributed by atoms with Gasteiger partial charge in [0.15, 0.2) is 0 Å². The Morgan fingerprint density at radius 1 is 1.37 bits per heavy atom. The quantitative estimate of drug-likeness (QED) is 0.648. The zero-order valence-electron chi connectivity index (χ0n) is 11.1. The van der Waals surface area contributed by atoms with Crippen LogP contribution in [0.15, 0.2) is 18.2 Å². The standard InChI is InChI=1S/C13H17Cl2NO3/c1-13(12(17)19-3,16-7-8-18-2)9-5-4-6-10(14)11(9)15/h4-6,16H,7-8H2,1-3H3. The molecule has 0 aromatic heterocycles. The zero-order chi connectivity index (χ0) is 14.5. The number of halogens is 2. The molecule has 0 bridgehead atoms. The third-order valence-electron chi connectivity index (χ3n) is 2.87.